The Kier molecular flexibility index (Phi) is 5.06. The smallest absolute Gasteiger partial charge is 0.262 e. The van der Waals surface area contributed by atoms with Crippen LogP contribution in [0.15, 0.2) is 47.2 Å². The SMILES string of the molecule is CN1CC[C@@](O)(c2cc(-c3cccc(-c4ccnc(Nc5cn(C)nc5Cl)n4)n3)no2)C1=O. The van der Waals surface area contributed by atoms with Crippen LogP contribution in [-0.4, -0.2) is 59.4 Å². The Labute approximate surface area is 193 Å². The summed E-state index contributed by atoms with van der Waals surface area (Å²) in [5, 5.41) is 22.2. The van der Waals surface area contributed by atoms with Crippen molar-refractivity contribution in [1.82, 2.24) is 34.8 Å². The number of likely N-dealkylation sites (N-methyl/N-ethyl adjacent to an activating group) is 1. The van der Waals surface area contributed by atoms with Crippen molar-refractivity contribution in [3.8, 4) is 22.8 Å². The van der Waals surface area contributed by atoms with Crippen LogP contribution in [-0.2, 0) is 17.4 Å². The summed E-state index contributed by atoms with van der Waals surface area (Å²) >= 11 is 6.10. The summed E-state index contributed by atoms with van der Waals surface area (Å²) in [5.41, 5.74) is 0.932. The molecule has 0 radical (unpaired) electrons. The Hall–Kier alpha value is -3.83. The topological polar surface area (TPSA) is 135 Å². The van der Waals surface area contributed by atoms with Crippen molar-refractivity contribution < 1.29 is 14.4 Å². The zero-order valence-corrected chi connectivity index (χ0v) is 18.5. The summed E-state index contributed by atoms with van der Waals surface area (Å²) in [6.07, 6.45) is 3.57. The van der Waals surface area contributed by atoms with Crippen molar-refractivity contribution in [1.29, 1.82) is 0 Å². The molecule has 168 valence electrons. The number of halogens is 1. The van der Waals surface area contributed by atoms with Crippen LogP contribution in [0.5, 0.6) is 0 Å². The fourth-order valence-corrected chi connectivity index (χ4v) is 3.84. The first-order valence-electron chi connectivity index (χ1n) is 10.1. The molecule has 0 aliphatic carbocycles. The number of nitrogens with one attached hydrogen (secondary N) is 1. The number of likely N-dealkylation sites (tertiary alicyclic amines) is 1. The molecular formula is C21H19ClN8O3. The van der Waals surface area contributed by atoms with E-state index in [2.05, 4.69) is 30.5 Å². The van der Waals surface area contributed by atoms with Crippen molar-refractivity contribution >= 4 is 29.1 Å². The van der Waals surface area contributed by atoms with E-state index in [1.807, 2.05) is 6.07 Å². The number of carbonyl (C=O) groups is 1. The summed E-state index contributed by atoms with van der Waals surface area (Å²) in [6.45, 7) is 0.438. The third kappa shape index (κ3) is 3.81. The number of aromatic nitrogens is 6. The van der Waals surface area contributed by atoms with Gasteiger partial charge in [0.25, 0.3) is 5.91 Å². The molecule has 4 aromatic rings. The van der Waals surface area contributed by atoms with Crippen molar-refractivity contribution in [3.63, 3.8) is 0 Å². The van der Waals surface area contributed by atoms with Gasteiger partial charge < -0.3 is 19.8 Å². The van der Waals surface area contributed by atoms with Gasteiger partial charge in [0.1, 0.15) is 5.69 Å². The molecular weight excluding hydrogens is 448 g/mol. The van der Waals surface area contributed by atoms with Crippen LogP contribution < -0.4 is 5.32 Å². The van der Waals surface area contributed by atoms with Crippen molar-refractivity contribution in [3.05, 3.63) is 53.6 Å². The van der Waals surface area contributed by atoms with E-state index < -0.39 is 11.5 Å². The van der Waals surface area contributed by atoms with Gasteiger partial charge >= 0.3 is 0 Å². The average Bonchev–Trinajstić information content (AvgIpc) is 3.50. The number of pyridine rings is 1. The van der Waals surface area contributed by atoms with Gasteiger partial charge in [-0.25, -0.2) is 15.0 Å². The van der Waals surface area contributed by atoms with Gasteiger partial charge in [0.15, 0.2) is 10.9 Å². The summed E-state index contributed by atoms with van der Waals surface area (Å²) in [6, 6.07) is 8.64. The number of anilines is 2. The van der Waals surface area contributed by atoms with Crippen LogP contribution in [0.1, 0.15) is 12.2 Å². The van der Waals surface area contributed by atoms with Gasteiger partial charge in [-0.05, 0) is 18.2 Å². The molecule has 5 rings (SSSR count). The molecule has 1 amide bonds. The first-order chi connectivity index (χ1) is 15.8. The van der Waals surface area contributed by atoms with E-state index >= 15 is 0 Å². The van der Waals surface area contributed by atoms with Gasteiger partial charge in [0, 0.05) is 45.5 Å². The predicted molar refractivity (Wildman–Crippen MR) is 118 cm³/mol. The maximum atomic E-state index is 12.3. The summed E-state index contributed by atoms with van der Waals surface area (Å²) in [5.74, 6) is 0.0204. The van der Waals surface area contributed by atoms with Crippen molar-refractivity contribution in [2.75, 3.05) is 18.9 Å². The molecule has 1 aliphatic heterocycles. The number of nitrogens with zero attached hydrogens (tertiary/aromatic N) is 7. The third-order valence-electron chi connectivity index (χ3n) is 5.39. The maximum Gasteiger partial charge on any atom is 0.262 e. The van der Waals surface area contributed by atoms with Crippen LogP contribution in [0, 0.1) is 0 Å². The van der Waals surface area contributed by atoms with E-state index in [4.69, 9.17) is 16.1 Å². The molecule has 0 bridgehead atoms. The molecule has 4 aromatic heterocycles. The molecule has 11 nitrogen and oxygen atoms in total. The minimum absolute atomic E-state index is 0.0981. The van der Waals surface area contributed by atoms with E-state index in [0.29, 0.717) is 46.1 Å². The lowest BCUT2D eigenvalue weighted by molar-refractivity contribution is -0.144. The number of hydrogen-bond acceptors (Lipinski definition) is 9. The second-order valence-corrected chi connectivity index (χ2v) is 8.08. The quantitative estimate of drug-likeness (QED) is 0.454. The fraction of sp³-hybridized carbons (Fsp3) is 0.238. The molecule has 0 spiro atoms. The number of aryl methyl sites for hydroxylation is 1. The molecule has 0 aromatic carbocycles. The molecule has 1 fully saturated rings. The van der Waals surface area contributed by atoms with Crippen molar-refractivity contribution in [2.45, 2.75) is 12.0 Å². The number of rotatable bonds is 5. The van der Waals surface area contributed by atoms with Crippen LogP contribution in [0.25, 0.3) is 22.8 Å². The van der Waals surface area contributed by atoms with E-state index in [1.165, 1.54) is 4.90 Å². The number of carbonyl (C=O) groups excluding carboxylic acids is 1. The fourth-order valence-electron chi connectivity index (χ4n) is 3.62. The average molecular weight is 467 g/mol. The molecule has 2 N–H and O–H groups in total. The lowest BCUT2D eigenvalue weighted by atomic mass is 9.98. The lowest BCUT2D eigenvalue weighted by Gasteiger charge is -2.16. The highest BCUT2D eigenvalue weighted by Crippen LogP contribution is 2.34. The monoisotopic (exact) mass is 466 g/mol. The molecule has 1 aliphatic rings. The summed E-state index contributed by atoms with van der Waals surface area (Å²) in [7, 11) is 3.40. The van der Waals surface area contributed by atoms with Gasteiger partial charge in [-0.3, -0.25) is 9.48 Å². The minimum atomic E-state index is -1.71. The largest absolute Gasteiger partial charge is 0.373 e. The molecule has 33 heavy (non-hydrogen) atoms. The molecule has 5 heterocycles. The van der Waals surface area contributed by atoms with Gasteiger partial charge in [0.2, 0.25) is 11.5 Å². The second kappa shape index (κ2) is 7.94. The Morgan fingerprint density at radius 2 is 1.91 bits per heavy atom. The normalized spacial score (nSPS) is 18.2. The van der Waals surface area contributed by atoms with Gasteiger partial charge in [-0.15, -0.1) is 0 Å². The first-order valence-corrected chi connectivity index (χ1v) is 10.4. The zero-order chi connectivity index (χ0) is 23.2. The number of aliphatic hydroxyl groups is 1. The Bertz CT molecular complexity index is 1350. The third-order valence-corrected chi connectivity index (χ3v) is 5.67. The minimum Gasteiger partial charge on any atom is -0.373 e. The van der Waals surface area contributed by atoms with E-state index in [0.717, 1.165) is 0 Å². The molecule has 1 atom stereocenters. The highest BCUT2D eigenvalue weighted by Gasteiger charge is 2.48. The lowest BCUT2D eigenvalue weighted by Crippen LogP contribution is -2.35. The van der Waals surface area contributed by atoms with Gasteiger partial charge in [-0.2, -0.15) is 5.10 Å². The Balaban J connectivity index is 1.42. The van der Waals surface area contributed by atoms with Gasteiger partial charge in [0.05, 0.1) is 22.8 Å². The highest BCUT2D eigenvalue weighted by atomic mass is 35.5. The number of amides is 1. The van der Waals surface area contributed by atoms with E-state index in [-0.39, 0.29) is 12.2 Å². The molecule has 0 saturated carbocycles. The Morgan fingerprint density at radius 1 is 1.15 bits per heavy atom. The zero-order valence-electron chi connectivity index (χ0n) is 17.7. The second-order valence-electron chi connectivity index (χ2n) is 7.72. The maximum absolute atomic E-state index is 12.3. The summed E-state index contributed by atoms with van der Waals surface area (Å²) in [4.78, 5) is 27.1. The standard InChI is InChI=1S/C21H19ClN8O3/c1-29-9-7-21(32,19(29)31)17-10-15(28-33-17)13-5-3-4-12(24-13)14-6-8-23-20(25-14)26-16-11-30(2)27-18(16)22/h3-6,8,10-11,32H,7,9H2,1-2H3,(H,23,25,26)/t21-/m1/s1. The first kappa shape index (κ1) is 21.0. The van der Waals surface area contributed by atoms with Gasteiger partial charge in [-0.1, -0.05) is 22.8 Å². The van der Waals surface area contributed by atoms with Crippen LogP contribution in [0.4, 0.5) is 11.6 Å². The van der Waals surface area contributed by atoms with Crippen LogP contribution in [0.3, 0.4) is 0 Å². The molecule has 0 unspecified atom stereocenters. The van der Waals surface area contributed by atoms with E-state index in [1.54, 1.807) is 55.4 Å². The summed E-state index contributed by atoms with van der Waals surface area (Å²) < 4.78 is 6.91. The van der Waals surface area contributed by atoms with Crippen molar-refractivity contribution in [2.24, 2.45) is 7.05 Å². The molecule has 1 saturated heterocycles. The van der Waals surface area contributed by atoms with E-state index in [9.17, 15) is 9.90 Å². The predicted octanol–water partition coefficient (Wildman–Crippen LogP) is 2.37. The Morgan fingerprint density at radius 3 is 2.61 bits per heavy atom. The highest BCUT2D eigenvalue weighted by molar-refractivity contribution is 6.32. The molecule has 12 heteroatoms. The van der Waals surface area contributed by atoms with Crippen LogP contribution in [0.2, 0.25) is 5.15 Å². The number of hydrogen-bond donors (Lipinski definition) is 2. The van der Waals surface area contributed by atoms with Crippen LogP contribution >= 0.6 is 11.6 Å².